The molecule has 2 heteroatoms. The van der Waals surface area contributed by atoms with Crippen molar-refractivity contribution in [2.75, 3.05) is 0 Å². The van der Waals surface area contributed by atoms with Gasteiger partial charge in [-0.25, -0.2) is 4.98 Å². The van der Waals surface area contributed by atoms with E-state index in [2.05, 4.69) is 37.7 Å². The Balaban J connectivity index is 2.95. The number of aromatic nitrogens is 1. The summed E-state index contributed by atoms with van der Waals surface area (Å²) in [6.45, 7) is 10.3. The molecule has 0 bridgehead atoms. The van der Waals surface area contributed by atoms with Gasteiger partial charge < -0.3 is 0 Å². The molecule has 0 unspecified atom stereocenters. The SMILES string of the molecule is C=Cc1csc(C(C)(C)CC)n1. The molecular weight excluding hydrogens is 166 g/mol. The average molecular weight is 181 g/mol. The molecule has 66 valence electrons. The maximum Gasteiger partial charge on any atom is 0.0988 e. The van der Waals surface area contributed by atoms with E-state index in [0.29, 0.717) is 0 Å². The molecular formula is C10H15NS. The van der Waals surface area contributed by atoms with Gasteiger partial charge in [0.05, 0.1) is 10.7 Å². The van der Waals surface area contributed by atoms with Crippen LogP contribution in [0.25, 0.3) is 6.08 Å². The van der Waals surface area contributed by atoms with Crippen molar-refractivity contribution in [1.82, 2.24) is 4.98 Å². The van der Waals surface area contributed by atoms with Crippen LogP contribution in [0.3, 0.4) is 0 Å². The number of hydrogen-bond acceptors (Lipinski definition) is 2. The van der Waals surface area contributed by atoms with Crippen molar-refractivity contribution in [3.05, 3.63) is 22.7 Å². The average Bonchev–Trinajstić information content (AvgIpc) is 2.52. The van der Waals surface area contributed by atoms with E-state index >= 15 is 0 Å². The highest BCUT2D eigenvalue weighted by Crippen LogP contribution is 2.29. The van der Waals surface area contributed by atoms with Crippen molar-refractivity contribution in [3.63, 3.8) is 0 Å². The summed E-state index contributed by atoms with van der Waals surface area (Å²) in [5.41, 5.74) is 1.21. The summed E-state index contributed by atoms with van der Waals surface area (Å²) in [6, 6.07) is 0. The van der Waals surface area contributed by atoms with Gasteiger partial charge >= 0.3 is 0 Å². The van der Waals surface area contributed by atoms with Crippen LogP contribution in [0.5, 0.6) is 0 Å². The lowest BCUT2D eigenvalue weighted by Crippen LogP contribution is -2.14. The normalized spacial score (nSPS) is 11.6. The summed E-state index contributed by atoms with van der Waals surface area (Å²) in [4.78, 5) is 4.47. The highest BCUT2D eigenvalue weighted by Gasteiger charge is 2.21. The molecule has 1 heterocycles. The molecule has 0 spiro atoms. The van der Waals surface area contributed by atoms with Gasteiger partial charge in [-0.15, -0.1) is 11.3 Å². The summed E-state index contributed by atoms with van der Waals surface area (Å²) < 4.78 is 0. The quantitative estimate of drug-likeness (QED) is 0.695. The second-order valence-corrected chi connectivity index (χ2v) is 4.38. The van der Waals surface area contributed by atoms with Crippen molar-refractivity contribution < 1.29 is 0 Å². The van der Waals surface area contributed by atoms with Gasteiger partial charge in [0.2, 0.25) is 0 Å². The highest BCUT2D eigenvalue weighted by atomic mass is 32.1. The van der Waals surface area contributed by atoms with E-state index in [9.17, 15) is 0 Å². The molecule has 1 aromatic heterocycles. The molecule has 0 N–H and O–H groups in total. The Labute approximate surface area is 78.2 Å². The summed E-state index contributed by atoms with van der Waals surface area (Å²) in [6.07, 6.45) is 2.92. The van der Waals surface area contributed by atoms with Crippen LogP contribution < -0.4 is 0 Å². The summed E-state index contributed by atoms with van der Waals surface area (Å²) in [5, 5.41) is 3.26. The smallest absolute Gasteiger partial charge is 0.0988 e. The minimum Gasteiger partial charge on any atom is -0.241 e. The van der Waals surface area contributed by atoms with Crippen molar-refractivity contribution in [2.45, 2.75) is 32.6 Å². The molecule has 0 aliphatic carbocycles. The first-order chi connectivity index (χ1) is 5.60. The molecule has 1 rings (SSSR count). The molecule has 1 aromatic rings. The summed E-state index contributed by atoms with van der Waals surface area (Å²) in [7, 11) is 0. The molecule has 0 saturated heterocycles. The largest absolute Gasteiger partial charge is 0.241 e. The van der Waals surface area contributed by atoms with Gasteiger partial charge in [0, 0.05) is 10.8 Å². The van der Waals surface area contributed by atoms with Crippen LogP contribution in [0, 0.1) is 0 Å². The molecule has 0 atom stereocenters. The first-order valence-corrected chi connectivity index (χ1v) is 5.06. The van der Waals surface area contributed by atoms with E-state index in [1.165, 1.54) is 5.01 Å². The van der Waals surface area contributed by atoms with Crippen LogP contribution in [0.15, 0.2) is 12.0 Å². The van der Waals surface area contributed by atoms with Crippen molar-refractivity contribution in [1.29, 1.82) is 0 Å². The fraction of sp³-hybridized carbons (Fsp3) is 0.500. The number of nitrogens with zero attached hydrogens (tertiary/aromatic N) is 1. The second kappa shape index (κ2) is 3.40. The molecule has 0 aliphatic rings. The lowest BCUT2D eigenvalue weighted by atomic mass is 9.91. The van der Waals surface area contributed by atoms with Crippen LogP contribution in [0.1, 0.15) is 37.9 Å². The van der Waals surface area contributed by atoms with Crippen molar-refractivity contribution >= 4 is 17.4 Å². The van der Waals surface area contributed by atoms with E-state index < -0.39 is 0 Å². The van der Waals surface area contributed by atoms with Crippen LogP contribution in [0.4, 0.5) is 0 Å². The van der Waals surface area contributed by atoms with E-state index in [-0.39, 0.29) is 5.41 Å². The van der Waals surface area contributed by atoms with Gasteiger partial charge in [0.25, 0.3) is 0 Å². The topological polar surface area (TPSA) is 12.9 Å². The predicted octanol–water partition coefficient (Wildman–Crippen LogP) is 3.47. The summed E-state index contributed by atoms with van der Waals surface area (Å²) in [5.74, 6) is 0. The molecule has 0 aromatic carbocycles. The summed E-state index contributed by atoms with van der Waals surface area (Å²) >= 11 is 1.72. The zero-order valence-electron chi connectivity index (χ0n) is 7.92. The molecule has 0 amide bonds. The van der Waals surface area contributed by atoms with Crippen LogP contribution in [-0.2, 0) is 5.41 Å². The van der Waals surface area contributed by atoms with E-state index in [1.54, 1.807) is 17.4 Å². The van der Waals surface area contributed by atoms with Crippen LogP contribution in [0.2, 0.25) is 0 Å². The first kappa shape index (κ1) is 9.46. The Morgan fingerprint density at radius 1 is 1.67 bits per heavy atom. The molecule has 0 fully saturated rings. The van der Waals surface area contributed by atoms with Crippen molar-refractivity contribution in [2.24, 2.45) is 0 Å². The molecule has 1 nitrogen and oxygen atoms in total. The van der Waals surface area contributed by atoms with Crippen LogP contribution in [-0.4, -0.2) is 4.98 Å². The zero-order chi connectivity index (χ0) is 9.19. The molecule has 0 aliphatic heterocycles. The lowest BCUT2D eigenvalue weighted by Gasteiger charge is -2.18. The predicted molar refractivity (Wildman–Crippen MR) is 55.5 cm³/mol. The monoisotopic (exact) mass is 181 g/mol. The Morgan fingerprint density at radius 3 is 2.75 bits per heavy atom. The van der Waals surface area contributed by atoms with E-state index in [4.69, 9.17) is 0 Å². The Kier molecular flexibility index (Phi) is 2.68. The third-order valence-electron chi connectivity index (χ3n) is 2.19. The van der Waals surface area contributed by atoms with Crippen LogP contribution >= 0.6 is 11.3 Å². The Morgan fingerprint density at radius 2 is 2.33 bits per heavy atom. The third kappa shape index (κ3) is 1.75. The second-order valence-electron chi connectivity index (χ2n) is 3.52. The standard InChI is InChI=1S/C10H15NS/c1-5-8-7-12-9(11-8)10(3,4)6-2/h5,7H,1,6H2,2-4H3. The number of rotatable bonds is 3. The van der Waals surface area contributed by atoms with Gasteiger partial charge in [0.15, 0.2) is 0 Å². The van der Waals surface area contributed by atoms with Gasteiger partial charge in [-0.3, -0.25) is 0 Å². The van der Waals surface area contributed by atoms with E-state index in [0.717, 1.165) is 12.1 Å². The maximum absolute atomic E-state index is 4.47. The van der Waals surface area contributed by atoms with Crippen molar-refractivity contribution in [3.8, 4) is 0 Å². The first-order valence-electron chi connectivity index (χ1n) is 4.18. The molecule has 12 heavy (non-hydrogen) atoms. The fourth-order valence-electron chi connectivity index (χ4n) is 0.842. The van der Waals surface area contributed by atoms with Gasteiger partial charge in [-0.2, -0.15) is 0 Å². The zero-order valence-corrected chi connectivity index (χ0v) is 8.74. The fourth-order valence-corrected chi connectivity index (χ4v) is 1.84. The Hall–Kier alpha value is -0.630. The Bertz CT molecular complexity index is 273. The molecule has 0 radical (unpaired) electrons. The number of hydrogen-bond donors (Lipinski definition) is 0. The van der Waals surface area contributed by atoms with Gasteiger partial charge in [-0.1, -0.05) is 27.4 Å². The lowest BCUT2D eigenvalue weighted by molar-refractivity contribution is 0.503. The van der Waals surface area contributed by atoms with Gasteiger partial charge in [0.1, 0.15) is 0 Å². The highest BCUT2D eigenvalue weighted by molar-refractivity contribution is 7.09. The minimum atomic E-state index is 0.214. The van der Waals surface area contributed by atoms with E-state index in [1.807, 2.05) is 0 Å². The third-order valence-corrected chi connectivity index (χ3v) is 3.42. The maximum atomic E-state index is 4.47. The minimum absolute atomic E-state index is 0.214. The number of thiazole rings is 1. The van der Waals surface area contributed by atoms with Gasteiger partial charge in [-0.05, 0) is 12.5 Å². The molecule has 0 saturated carbocycles.